The number of methoxy groups -OCH3 is 1. The summed E-state index contributed by atoms with van der Waals surface area (Å²) in [4.78, 5) is 36.2. The predicted molar refractivity (Wildman–Crippen MR) is 73.8 cm³/mol. The van der Waals surface area contributed by atoms with Crippen molar-refractivity contribution in [2.75, 3.05) is 7.11 Å². The first-order chi connectivity index (χ1) is 9.45. The van der Waals surface area contributed by atoms with E-state index >= 15 is 0 Å². The smallest absolute Gasteiger partial charge is 0.328 e. The van der Waals surface area contributed by atoms with E-state index in [2.05, 4.69) is 4.74 Å². The third-order valence-corrected chi connectivity index (χ3v) is 2.93. The zero-order chi connectivity index (χ0) is 15.1. The van der Waals surface area contributed by atoms with Gasteiger partial charge in [0.2, 0.25) is 5.91 Å². The van der Waals surface area contributed by atoms with Crippen molar-refractivity contribution >= 4 is 17.7 Å². The molecule has 0 heterocycles. The van der Waals surface area contributed by atoms with Crippen LogP contribution in [0.4, 0.5) is 0 Å². The van der Waals surface area contributed by atoms with Gasteiger partial charge in [-0.1, -0.05) is 30.3 Å². The highest BCUT2D eigenvalue weighted by molar-refractivity contribution is 5.98. The van der Waals surface area contributed by atoms with E-state index in [4.69, 9.17) is 0 Å². The van der Waals surface area contributed by atoms with Gasteiger partial charge in [-0.3, -0.25) is 9.59 Å². The molecular weight excluding hydrogens is 258 g/mol. The number of amides is 1. The quantitative estimate of drug-likeness (QED) is 0.584. The van der Waals surface area contributed by atoms with Crippen molar-refractivity contribution in [1.29, 1.82) is 0 Å². The van der Waals surface area contributed by atoms with E-state index in [-0.39, 0.29) is 24.7 Å². The van der Waals surface area contributed by atoms with Crippen LogP contribution in [0.15, 0.2) is 30.3 Å². The van der Waals surface area contributed by atoms with Crippen molar-refractivity contribution in [3.05, 3.63) is 35.9 Å². The van der Waals surface area contributed by atoms with Gasteiger partial charge in [0, 0.05) is 6.54 Å². The van der Waals surface area contributed by atoms with Gasteiger partial charge in [-0.05, 0) is 19.4 Å². The topological polar surface area (TPSA) is 63.7 Å². The molecule has 0 radical (unpaired) electrons. The molecule has 0 aromatic heterocycles. The van der Waals surface area contributed by atoms with Crippen molar-refractivity contribution < 1.29 is 19.1 Å². The summed E-state index contributed by atoms with van der Waals surface area (Å²) in [6.07, 6.45) is -0.214. The van der Waals surface area contributed by atoms with Crippen LogP contribution < -0.4 is 0 Å². The Bertz CT molecular complexity index is 484. The van der Waals surface area contributed by atoms with Crippen molar-refractivity contribution in [2.45, 2.75) is 32.9 Å². The molecule has 1 atom stereocenters. The molecule has 1 amide bonds. The van der Waals surface area contributed by atoms with Crippen LogP contribution in [-0.4, -0.2) is 35.7 Å². The second kappa shape index (κ2) is 7.43. The zero-order valence-electron chi connectivity index (χ0n) is 12.0. The summed E-state index contributed by atoms with van der Waals surface area (Å²) >= 11 is 0. The predicted octanol–water partition coefficient (Wildman–Crippen LogP) is 1.56. The van der Waals surface area contributed by atoms with Crippen LogP contribution >= 0.6 is 0 Å². The van der Waals surface area contributed by atoms with Gasteiger partial charge < -0.3 is 9.64 Å². The number of carbonyl (C=O) groups is 3. The number of hydrogen-bond donors (Lipinski definition) is 0. The van der Waals surface area contributed by atoms with Crippen molar-refractivity contribution in [1.82, 2.24) is 4.90 Å². The zero-order valence-corrected chi connectivity index (χ0v) is 12.0. The number of ketones is 1. The van der Waals surface area contributed by atoms with Gasteiger partial charge in [0.05, 0.1) is 13.5 Å². The highest BCUT2D eigenvalue weighted by atomic mass is 16.5. The Hall–Kier alpha value is -2.17. The number of Topliss-reactive ketones (excluding diaryl/α,β-unsaturated/α-hetero) is 1. The number of rotatable bonds is 6. The lowest BCUT2D eigenvalue weighted by atomic mass is 10.1. The number of carbonyl (C=O) groups excluding carboxylic acids is 3. The molecule has 20 heavy (non-hydrogen) atoms. The highest BCUT2D eigenvalue weighted by Crippen LogP contribution is 2.11. The molecule has 5 nitrogen and oxygen atoms in total. The van der Waals surface area contributed by atoms with Crippen LogP contribution in [0.1, 0.15) is 25.8 Å². The lowest BCUT2D eigenvalue weighted by Gasteiger charge is -2.27. The van der Waals surface area contributed by atoms with Gasteiger partial charge in [-0.15, -0.1) is 0 Å². The van der Waals surface area contributed by atoms with E-state index in [1.54, 1.807) is 6.92 Å². The summed E-state index contributed by atoms with van der Waals surface area (Å²) in [7, 11) is 1.27. The van der Waals surface area contributed by atoms with Crippen LogP contribution in [0, 0.1) is 0 Å². The average Bonchev–Trinajstić information content (AvgIpc) is 2.43. The minimum atomic E-state index is -0.730. The van der Waals surface area contributed by atoms with E-state index < -0.39 is 12.0 Å². The fourth-order valence-electron chi connectivity index (χ4n) is 1.83. The lowest BCUT2D eigenvalue weighted by Crippen LogP contribution is -2.43. The minimum absolute atomic E-state index is 0.214. The van der Waals surface area contributed by atoms with Crippen LogP contribution in [0.2, 0.25) is 0 Å². The molecule has 0 unspecified atom stereocenters. The molecule has 0 saturated carbocycles. The summed E-state index contributed by atoms with van der Waals surface area (Å²) in [5.74, 6) is -1.11. The van der Waals surface area contributed by atoms with Gasteiger partial charge >= 0.3 is 5.97 Å². The molecule has 1 aromatic carbocycles. The van der Waals surface area contributed by atoms with Crippen LogP contribution in [-0.2, 0) is 25.7 Å². The molecule has 5 heteroatoms. The summed E-state index contributed by atoms with van der Waals surface area (Å²) < 4.78 is 4.67. The Balaban J connectivity index is 2.92. The van der Waals surface area contributed by atoms with Gasteiger partial charge in [0.25, 0.3) is 0 Å². The molecule has 108 valence electrons. The largest absolute Gasteiger partial charge is 0.467 e. The SMILES string of the molecule is COC(=O)[C@@H](C)N(Cc1ccccc1)C(=O)CC(C)=O. The molecule has 0 aliphatic rings. The summed E-state index contributed by atoms with van der Waals surface area (Å²) in [6, 6.07) is 8.56. The average molecular weight is 277 g/mol. The molecule has 0 aliphatic carbocycles. The summed E-state index contributed by atoms with van der Waals surface area (Å²) in [5, 5.41) is 0. The van der Waals surface area contributed by atoms with E-state index in [1.165, 1.54) is 18.9 Å². The monoisotopic (exact) mass is 277 g/mol. The second-order valence-corrected chi connectivity index (χ2v) is 4.59. The number of benzene rings is 1. The maximum atomic E-state index is 12.1. The molecular formula is C15H19NO4. The normalized spacial score (nSPS) is 11.6. The highest BCUT2D eigenvalue weighted by Gasteiger charge is 2.27. The second-order valence-electron chi connectivity index (χ2n) is 4.59. The van der Waals surface area contributed by atoms with Crippen LogP contribution in [0.25, 0.3) is 0 Å². The Morgan fingerprint density at radius 2 is 1.80 bits per heavy atom. The molecule has 1 aromatic rings. The minimum Gasteiger partial charge on any atom is -0.467 e. The molecule has 0 N–H and O–H groups in total. The van der Waals surface area contributed by atoms with Crippen molar-refractivity contribution in [2.24, 2.45) is 0 Å². The summed E-state index contributed by atoms with van der Waals surface area (Å²) in [5.41, 5.74) is 0.889. The molecule has 0 saturated heterocycles. The Morgan fingerprint density at radius 3 is 2.30 bits per heavy atom. The van der Waals surface area contributed by atoms with Crippen LogP contribution in [0.5, 0.6) is 0 Å². The first kappa shape index (κ1) is 15.9. The molecule has 0 aliphatic heterocycles. The number of hydrogen-bond acceptors (Lipinski definition) is 4. The lowest BCUT2D eigenvalue weighted by molar-refractivity contribution is -0.153. The fraction of sp³-hybridized carbons (Fsp3) is 0.400. The van der Waals surface area contributed by atoms with Crippen molar-refractivity contribution in [3.8, 4) is 0 Å². The van der Waals surface area contributed by atoms with Crippen molar-refractivity contribution in [3.63, 3.8) is 0 Å². The van der Waals surface area contributed by atoms with Gasteiger partial charge in [0.15, 0.2) is 0 Å². The van der Waals surface area contributed by atoms with Gasteiger partial charge in [-0.25, -0.2) is 4.79 Å². The Kier molecular flexibility index (Phi) is 5.90. The maximum absolute atomic E-state index is 12.1. The number of esters is 1. The molecule has 0 fully saturated rings. The number of ether oxygens (including phenoxy) is 1. The fourth-order valence-corrected chi connectivity index (χ4v) is 1.83. The van der Waals surface area contributed by atoms with E-state index in [0.717, 1.165) is 5.56 Å². The standard InChI is InChI=1S/C15H19NO4/c1-11(17)9-14(18)16(12(2)15(19)20-3)10-13-7-5-4-6-8-13/h4-8,12H,9-10H2,1-3H3/t12-/m1/s1. The number of nitrogens with zero attached hydrogens (tertiary/aromatic N) is 1. The van der Waals surface area contributed by atoms with E-state index in [0.29, 0.717) is 0 Å². The first-order valence-corrected chi connectivity index (χ1v) is 6.36. The Labute approximate surface area is 118 Å². The molecule has 0 spiro atoms. The van der Waals surface area contributed by atoms with E-state index in [9.17, 15) is 14.4 Å². The molecule has 1 rings (SSSR count). The summed E-state index contributed by atoms with van der Waals surface area (Å²) in [6.45, 7) is 3.21. The molecule has 0 bridgehead atoms. The Morgan fingerprint density at radius 1 is 1.20 bits per heavy atom. The van der Waals surface area contributed by atoms with Gasteiger partial charge in [-0.2, -0.15) is 0 Å². The maximum Gasteiger partial charge on any atom is 0.328 e. The first-order valence-electron chi connectivity index (χ1n) is 6.36. The third kappa shape index (κ3) is 4.50. The third-order valence-electron chi connectivity index (χ3n) is 2.93. The van der Waals surface area contributed by atoms with E-state index in [1.807, 2.05) is 30.3 Å². The van der Waals surface area contributed by atoms with Crippen LogP contribution in [0.3, 0.4) is 0 Å². The van der Waals surface area contributed by atoms with Gasteiger partial charge in [0.1, 0.15) is 11.8 Å².